The molecule has 1 N–H and O–H groups in total. The van der Waals surface area contributed by atoms with E-state index in [1.165, 1.54) is 50.4 Å². The Morgan fingerprint density at radius 1 is 1.36 bits per heavy atom. The third-order valence-electron chi connectivity index (χ3n) is 2.67. The Kier molecular flexibility index (Phi) is 6.65. The first kappa shape index (κ1) is 12.3. The highest BCUT2D eigenvalue weighted by molar-refractivity contribution is 7.99. The number of nitrogens with zero attached hydrogens (tertiary/aromatic N) is 1. The minimum absolute atomic E-state index is 0.953. The van der Waals surface area contributed by atoms with E-state index >= 15 is 0 Å². The zero-order valence-corrected chi connectivity index (χ0v) is 10.4. The molecular formula is C11H24N2S. The maximum absolute atomic E-state index is 3.57. The van der Waals surface area contributed by atoms with Crippen LogP contribution in [0.15, 0.2) is 0 Å². The van der Waals surface area contributed by atoms with Gasteiger partial charge in [0.2, 0.25) is 0 Å². The number of unbranched alkanes of at least 4 members (excludes halogenated alkanes) is 1. The van der Waals surface area contributed by atoms with Gasteiger partial charge < -0.3 is 10.2 Å². The van der Waals surface area contributed by atoms with Crippen molar-refractivity contribution in [2.24, 2.45) is 5.92 Å². The summed E-state index contributed by atoms with van der Waals surface area (Å²) >= 11 is 2.11. The number of hydrogen-bond acceptors (Lipinski definition) is 3. The molecule has 0 amide bonds. The molecule has 0 aliphatic carbocycles. The summed E-state index contributed by atoms with van der Waals surface area (Å²) in [4.78, 5) is 2.26. The topological polar surface area (TPSA) is 15.3 Å². The van der Waals surface area contributed by atoms with Gasteiger partial charge >= 0.3 is 0 Å². The standard InChI is InChI=1S/C11H24N2S/c1-13(2)7-4-3-6-12-9-11-5-8-14-10-11/h11-12H,3-10H2,1-2H3. The van der Waals surface area contributed by atoms with Gasteiger partial charge in [-0.3, -0.25) is 0 Å². The first-order chi connectivity index (χ1) is 6.79. The molecular weight excluding hydrogens is 192 g/mol. The number of thioether (sulfide) groups is 1. The predicted molar refractivity (Wildman–Crippen MR) is 66.1 cm³/mol. The summed E-state index contributed by atoms with van der Waals surface area (Å²) in [5.74, 6) is 3.71. The lowest BCUT2D eigenvalue weighted by Gasteiger charge is -2.11. The van der Waals surface area contributed by atoms with E-state index < -0.39 is 0 Å². The van der Waals surface area contributed by atoms with Gasteiger partial charge in [-0.25, -0.2) is 0 Å². The van der Waals surface area contributed by atoms with Crippen LogP contribution in [0.4, 0.5) is 0 Å². The van der Waals surface area contributed by atoms with E-state index in [4.69, 9.17) is 0 Å². The van der Waals surface area contributed by atoms with Crippen LogP contribution in [0.5, 0.6) is 0 Å². The minimum Gasteiger partial charge on any atom is -0.316 e. The van der Waals surface area contributed by atoms with Crippen LogP contribution in [0.2, 0.25) is 0 Å². The van der Waals surface area contributed by atoms with E-state index in [9.17, 15) is 0 Å². The summed E-state index contributed by atoms with van der Waals surface area (Å²) in [7, 11) is 4.28. The molecule has 0 saturated carbocycles. The number of hydrogen-bond donors (Lipinski definition) is 1. The highest BCUT2D eigenvalue weighted by atomic mass is 32.2. The van der Waals surface area contributed by atoms with Crippen LogP contribution in [0.25, 0.3) is 0 Å². The lowest BCUT2D eigenvalue weighted by Crippen LogP contribution is -2.24. The van der Waals surface area contributed by atoms with Crippen molar-refractivity contribution >= 4 is 11.8 Å². The Morgan fingerprint density at radius 3 is 2.86 bits per heavy atom. The van der Waals surface area contributed by atoms with Crippen LogP contribution in [-0.4, -0.2) is 50.1 Å². The molecule has 1 aliphatic heterocycles. The molecule has 0 aromatic heterocycles. The lowest BCUT2D eigenvalue weighted by atomic mass is 10.1. The third-order valence-corrected chi connectivity index (χ3v) is 3.90. The van der Waals surface area contributed by atoms with E-state index in [1.807, 2.05) is 0 Å². The van der Waals surface area contributed by atoms with Gasteiger partial charge in [0, 0.05) is 0 Å². The summed E-state index contributed by atoms with van der Waals surface area (Å²) in [5.41, 5.74) is 0. The molecule has 1 saturated heterocycles. The van der Waals surface area contributed by atoms with Gasteiger partial charge in [-0.2, -0.15) is 11.8 Å². The van der Waals surface area contributed by atoms with Gasteiger partial charge in [-0.05, 0) is 70.4 Å². The zero-order valence-electron chi connectivity index (χ0n) is 9.59. The summed E-state index contributed by atoms with van der Waals surface area (Å²) in [5, 5.41) is 3.57. The summed E-state index contributed by atoms with van der Waals surface area (Å²) < 4.78 is 0. The summed E-state index contributed by atoms with van der Waals surface area (Å²) in [6, 6.07) is 0. The average Bonchev–Trinajstić information content (AvgIpc) is 2.63. The SMILES string of the molecule is CN(C)CCCCNCC1CCSC1. The second-order valence-electron chi connectivity index (χ2n) is 4.44. The molecule has 0 bridgehead atoms. The van der Waals surface area contributed by atoms with Crippen LogP contribution >= 0.6 is 11.8 Å². The third kappa shape index (κ3) is 5.89. The predicted octanol–water partition coefficient (Wildman–Crippen LogP) is 1.67. The maximum Gasteiger partial charge on any atom is -0.00123 e. The van der Waals surface area contributed by atoms with Crippen molar-refractivity contribution in [2.75, 3.05) is 45.2 Å². The Morgan fingerprint density at radius 2 is 2.21 bits per heavy atom. The fourth-order valence-electron chi connectivity index (χ4n) is 1.73. The van der Waals surface area contributed by atoms with E-state index in [0.717, 1.165) is 5.92 Å². The largest absolute Gasteiger partial charge is 0.316 e. The quantitative estimate of drug-likeness (QED) is 0.652. The monoisotopic (exact) mass is 216 g/mol. The van der Waals surface area contributed by atoms with Crippen LogP contribution in [-0.2, 0) is 0 Å². The van der Waals surface area contributed by atoms with Gasteiger partial charge in [0.15, 0.2) is 0 Å². The van der Waals surface area contributed by atoms with Gasteiger partial charge in [0.1, 0.15) is 0 Å². The van der Waals surface area contributed by atoms with Crippen molar-refractivity contribution in [3.63, 3.8) is 0 Å². The van der Waals surface area contributed by atoms with Crippen molar-refractivity contribution in [2.45, 2.75) is 19.3 Å². The molecule has 2 nitrogen and oxygen atoms in total. The van der Waals surface area contributed by atoms with Crippen molar-refractivity contribution in [1.29, 1.82) is 0 Å². The Bertz CT molecular complexity index is 133. The molecule has 0 aromatic carbocycles. The van der Waals surface area contributed by atoms with Crippen molar-refractivity contribution in [1.82, 2.24) is 10.2 Å². The molecule has 14 heavy (non-hydrogen) atoms. The maximum atomic E-state index is 3.57. The molecule has 0 spiro atoms. The molecule has 0 radical (unpaired) electrons. The minimum atomic E-state index is 0.953. The van der Waals surface area contributed by atoms with Crippen LogP contribution in [0, 0.1) is 5.92 Å². The molecule has 1 aliphatic rings. The molecule has 0 aromatic rings. The van der Waals surface area contributed by atoms with Crippen LogP contribution < -0.4 is 5.32 Å². The molecule has 1 rings (SSSR count). The smallest absolute Gasteiger partial charge is 0.00123 e. The lowest BCUT2D eigenvalue weighted by molar-refractivity contribution is 0.389. The number of rotatable bonds is 7. The molecule has 1 heterocycles. The fourth-order valence-corrected chi connectivity index (χ4v) is 3.01. The van der Waals surface area contributed by atoms with E-state index in [1.54, 1.807) is 0 Å². The highest BCUT2D eigenvalue weighted by Crippen LogP contribution is 2.22. The normalized spacial score (nSPS) is 22.1. The van der Waals surface area contributed by atoms with E-state index in [-0.39, 0.29) is 0 Å². The molecule has 84 valence electrons. The molecule has 1 fully saturated rings. The second kappa shape index (κ2) is 7.55. The summed E-state index contributed by atoms with van der Waals surface area (Å²) in [6.45, 7) is 3.67. The highest BCUT2D eigenvalue weighted by Gasteiger charge is 2.13. The molecule has 1 atom stereocenters. The Hall–Kier alpha value is 0.270. The van der Waals surface area contributed by atoms with Gasteiger partial charge in [-0.1, -0.05) is 0 Å². The van der Waals surface area contributed by atoms with Crippen LogP contribution in [0.1, 0.15) is 19.3 Å². The fraction of sp³-hybridized carbons (Fsp3) is 1.00. The molecule has 3 heteroatoms. The molecule has 1 unspecified atom stereocenters. The first-order valence-corrected chi connectivity index (χ1v) is 6.87. The van der Waals surface area contributed by atoms with Gasteiger partial charge in [0.05, 0.1) is 0 Å². The first-order valence-electron chi connectivity index (χ1n) is 5.72. The number of nitrogens with one attached hydrogen (secondary N) is 1. The Labute approximate surface area is 92.8 Å². The van der Waals surface area contributed by atoms with Gasteiger partial charge in [0.25, 0.3) is 0 Å². The van der Waals surface area contributed by atoms with Crippen LogP contribution in [0.3, 0.4) is 0 Å². The second-order valence-corrected chi connectivity index (χ2v) is 5.59. The Balaban J connectivity index is 1.79. The van der Waals surface area contributed by atoms with Crippen molar-refractivity contribution in [3.05, 3.63) is 0 Å². The zero-order chi connectivity index (χ0) is 10.2. The average molecular weight is 216 g/mol. The van der Waals surface area contributed by atoms with E-state index in [0.29, 0.717) is 0 Å². The van der Waals surface area contributed by atoms with E-state index in [2.05, 4.69) is 36.1 Å². The van der Waals surface area contributed by atoms with Gasteiger partial charge in [-0.15, -0.1) is 0 Å². The summed E-state index contributed by atoms with van der Waals surface area (Å²) in [6.07, 6.45) is 4.06. The van der Waals surface area contributed by atoms with Crippen molar-refractivity contribution < 1.29 is 0 Å². The van der Waals surface area contributed by atoms with Crippen molar-refractivity contribution in [3.8, 4) is 0 Å².